The van der Waals surface area contributed by atoms with Gasteiger partial charge in [0.1, 0.15) is 11.6 Å². The molecule has 0 saturated heterocycles. The molecule has 2 rings (SSSR count). The van der Waals surface area contributed by atoms with Crippen LogP contribution in [0.1, 0.15) is 16.7 Å². The molecule has 134 valence electrons. The largest absolute Gasteiger partial charge is 0.417 e. The molecule has 0 spiro atoms. The first-order chi connectivity index (χ1) is 12.3. The smallest absolute Gasteiger partial charge is 0.416 e. The van der Waals surface area contributed by atoms with Crippen LogP contribution in [0.4, 0.5) is 18.0 Å². The first-order valence-electron chi connectivity index (χ1n) is 7.10. The van der Waals surface area contributed by atoms with Gasteiger partial charge in [-0.15, -0.1) is 0 Å². The van der Waals surface area contributed by atoms with Gasteiger partial charge in [0.25, 0.3) is 0 Å². The number of alkyl halides is 3. The van der Waals surface area contributed by atoms with E-state index in [9.17, 15) is 23.2 Å². The van der Waals surface area contributed by atoms with Crippen molar-refractivity contribution in [1.29, 1.82) is 5.26 Å². The molecule has 0 heterocycles. The van der Waals surface area contributed by atoms with Gasteiger partial charge in [-0.25, -0.2) is 4.79 Å². The summed E-state index contributed by atoms with van der Waals surface area (Å²) in [5, 5.41) is 9.10. The maximum Gasteiger partial charge on any atom is 0.417 e. The average molecular weight is 398 g/mol. The van der Waals surface area contributed by atoms with Crippen molar-refractivity contribution in [2.24, 2.45) is 0 Å². The molecule has 0 unspecified atom stereocenters. The summed E-state index contributed by atoms with van der Waals surface area (Å²) in [7, 11) is 0. The molecule has 0 bridgehead atoms. The lowest BCUT2D eigenvalue weighted by molar-refractivity contribution is -0.137. The van der Waals surface area contributed by atoms with Crippen molar-refractivity contribution in [2.75, 3.05) is 6.26 Å². The molecule has 26 heavy (non-hydrogen) atoms. The zero-order valence-corrected chi connectivity index (χ0v) is 14.9. The normalized spacial score (nSPS) is 12.2. The third-order valence-electron chi connectivity index (χ3n) is 3.30. The van der Waals surface area contributed by atoms with Crippen molar-refractivity contribution < 1.29 is 22.7 Å². The number of halogens is 4. The van der Waals surface area contributed by atoms with Gasteiger partial charge in [-0.05, 0) is 41.8 Å². The van der Waals surface area contributed by atoms with Crippen LogP contribution in [0.5, 0.6) is 0 Å². The summed E-state index contributed by atoms with van der Waals surface area (Å²) in [4.78, 5) is 11.8. The predicted molar refractivity (Wildman–Crippen MR) is 95.3 cm³/mol. The van der Waals surface area contributed by atoms with Gasteiger partial charge in [0.2, 0.25) is 0 Å². The number of benzene rings is 2. The Kier molecular flexibility index (Phi) is 6.35. The molecule has 0 radical (unpaired) electrons. The topological polar surface area (TPSA) is 50.1 Å². The first kappa shape index (κ1) is 19.9. The molecule has 0 saturated carbocycles. The SMILES string of the molecule is CSC(=O)OC(=C(C#N)c1ccc(Cl)cc1)c1ccccc1C(F)(F)F. The number of ether oxygens (including phenoxy) is 1. The highest BCUT2D eigenvalue weighted by molar-refractivity contribution is 8.12. The van der Waals surface area contributed by atoms with Crippen molar-refractivity contribution >= 4 is 40.0 Å². The van der Waals surface area contributed by atoms with Gasteiger partial charge in [0.05, 0.1) is 5.56 Å². The summed E-state index contributed by atoms with van der Waals surface area (Å²) in [6, 6.07) is 12.3. The Labute approximate surface area is 157 Å². The van der Waals surface area contributed by atoms with E-state index in [1.807, 2.05) is 6.07 Å². The average Bonchev–Trinajstić information content (AvgIpc) is 2.62. The number of allylic oxidation sites excluding steroid dienone is 1. The van der Waals surface area contributed by atoms with Crippen molar-refractivity contribution in [2.45, 2.75) is 6.18 Å². The van der Waals surface area contributed by atoms with Crippen molar-refractivity contribution in [3.63, 3.8) is 0 Å². The predicted octanol–water partition coefficient (Wildman–Crippen LogP) is 6.25. The minimum atomic E-state index is -4.69. The number of thioether (sulfide) groups is 1. The van der Waals surface area contributed by atoms with Crippen LogP contribution >= 0.6 is 23.4 Å². The second-order valence-corrected chi connectivity index (χ2v) is 6.10. The van der Waals surface area contributed by atoms with Crippen molar-refractivity contribution in [3.05, 3.63) is 70.2 Å². The molecule has 3 nitrogen and oxygen atoms in total. The highest BCUT2D eigenvalue weighted by atomic mass is 35.5. The summed E-state index contributed by atoms with van der Waals surface area (Å²) in [5.41, 5.74) is -1.34. The van der Waals surface area contributed by atoms with Gasteiger partial charge >= 0.3 is 11.5 Å². The van der Waals surface area contributed by atoms with Gasteiger partial charge in [0.15, 0.2) is 5.76 Å². The molecule has 0 fully saturated rings. The van der Waals surface area contributed by atoms with Crippen LogP contribution in [0.25, 0.3) is 11.3 Å². The fourth-order valence-electron chi connectivity index (χ4n) is 2.16. The van der Waals surface area contributed by atoms with Crippen LogP contribution in [0, 0.1) is 11.3 Å². The van der Waals surface area contributed by atoms with E-state index in [1.165, 1.54) is 42.7 Å². The number of carbonyl (C=O) groups is 1. The zero-order valence-electron chi connectivity index (χ0n) is 13.3. The lowest BCUT2D eigenvalue weighted by Crippen LogP contribution is -2.11. The van der Waals surface area contributed by atoms with E-state index < -0.39 is 28.4 Å². The number of hydrogen-bond donors (Lipinski definition) is 0. The summed E-state index contributed by atoms with van der Waals surface area (Å²) < 4.78 is 45.3. The van der Waals surface area contributed by atoms with Crippen molar-refractivity contribution in [1.82, 2.24) is 0 Å². The molecule has 2 aromatic carbocycles. The lowest BCUT2D eigenvalue weighted by Gasteiger charge is -2.16. The van der Waals surface area contributed by atoms with Crippen LogP contribution in [-0.4, -0.2) is 11.6 Å². The van der Waals surface area contributed by atoms with Crippen LogP contribution in [0.15, 0.2) is 48.5 Å². The highest BCUT2D eigenvalue weighted by Crippen LogP contribution is 2.38. The maximum absolute atomic E-state index is 13.4. The molecule has 0 aliphatic rings. The summed E-state index contributed by atoms with van der Waals surface area (Å²) in [5.74, 6) is -0.456. The van der Waals surface area contributed by atoms with E-state index in [4.69, 9.17) is 16.3 Å². The Morgan fingerprint density at radius 3 is 2.31 bits per heavy atom. The Hall–Kier alpha value is -2.43. The second kappa shape index (κ2) is 8.30. The summed E-state index contributed by atoms with van der Waals surface area (Å²) in [6.45, 7) is 0. The fraction of sp³-hybridized carbons (Fsp3) is 0.111. The van der Waals surface area contributed by atoms with E-state index in [0.717, 1.165) is 12.1 Å². The van der Waals surface area contributed by atoms with E-state index in [2.05, 4.69) is 0 Å². The number of carbonyl (C=O) groups excluding carboxylic acids is 1. The highest BCUT2D eigenvalue weighted by Gasteiger charge is 2.35. The molecule has 8 heteroatoms. The molecule has 0 atom stereocenters. The van der Waals surface area contributed by atoms with Crippen LogP contribution in [0.2, 0.25) is 5.02 Å². The Morgan fingerprint density at radius 2 is 1.77 bits per heavy atom. The third kappa shape index (κ3) is 4.59. The van der Waals surface area contributed by atoms with Gasteiger partial charge in [0, 0.05) is 10.6 Å². The minimum Gasteiger partial charge on any atom is -0.416 e. The Balaban J connectivity index is 2.77. The molecule has 0 aliphatic carbocycles. The zero-order chi connectivity index (χ0) is 19.3. The van der Waals surface area contributed by atoms with E-state index in [1.54, 1.807) is 0 Å². The maximum atomic E-state index is 13.4. The summed E-state index contributed by atoms with van der Waals surface area (Å²) >= 11 is 6.49. The fourth-order valence-corrected chi connectivity index (χ4v) is 2.45. The molecule has 2 aromatic rings. The molecule has 0 aromatic heterocycles. The standard InChI is InChI=1S/C18H11ClF3NO2S/c1-26-17(24)25-16(13-4-2-3-5-15(13)18(20,21)22)14(10-23)11-6-8-12(19)9-7-11/h2-9H,1H3. The molecular formula is C18H11ClF3NO2S. The molecule has 0 amide bonds. The Morgan fingerprint density at radius 1 is 1.15 bits per heavy atom. The van der Waals surface area contributed by atoms with Gasteiger partial charge in [-0.3, -0.25) is 0 Å². The second-order valence-electron chi connectivity index (χ2n) is 4.92. The Bertz CT molecular complexity index is 887. The monoisotopic (exact) mass is 397 g/mol. The van der Waals surface area contributed by atoms with Gasteiger partial charge in [-0.1, -0.05) is 41.9 Å². The van der Waals surface area contributed by atoms with Gasteiger partial charge < -0.3 is 4.74 Å². The number of nitriles is 1. The quantitative estimate of drug-likeness (QED) is 0.266. The van der Waals surface area contributed by atoms with Gasteiger partial charge in [-0.2, -0.15) is 18.4 Å². The number of rotatable bonds is 3. The van der Waals surface area contributed by atoms with E-state index in [0.29, 0.717) is 16.8 Å². The number of hydrogen-bond acceptors (Lipinski definition) is 4. The molecule has 0 aliphatic heterocycles. The molecule has 0 N–H and O–H groups in total. The van der Waals surface area contributed by atoms with Crippen LogP contribution < -0.4 is 0 Å². The van der Waals surface area contributed by atoms with Crippen LogP contribution in [0.3, 0.4) is 0 Å². The minimum absolute atomic E-state index is 0.208. The third-order valence-corrected chi connectivity index (χ3v) is 3.97. The van der Waals surface area contributed by atoms with E-state index in [-0.39, 0.29) is 11.1 Å². The summed E-state index contributed by atoms with van der Waals surface area (Å²) in [6.07, 6.45) is -3.27. The number of nitrogens with zero attached hydrogens (tertiary/aromatic N) is 1. The molecular weight excluding hydrogens is 387 g/mol. The first-order valence-corrected chi connectivity index (χ1v) is 8.71. The van der Waals surface area contributed by atoms with E-state index >= 15 is 0 Å². The lowest BCUT2D eigenvalue weighted by atomic mass is 9.98. The van der Waals surface area contributed by atoms with Crippen molar-refractivity contribution in [3.8, 4) is 6.07 Å². The van der Waals surface area contributed by atoms with Crippen LogP contribution in [-0.2, 0) is 10.9 Å².